The third-order valence-corrected chi connectivity index (χ3v) is 7.80. The highest BCUT2D eigenvalue weighted by Crippen LogP contribution is 2.31. The van der Waals surface area contributed by atoms with Crippen molar-refractivity contribution in [3.8, 4) is 5.69 Å². The molecule has 0 bridgehead atoms. The van der Waals surface area contributed by atoms with Gasteiger partial charge in [0.15, 0.2) is 4.80 Å². The van der Waals surface area contributed by atoms with Gasteiger partial charge in [0.2, 0.25) is 0 Å². The molecule has 0 amide bonds. The summed E-state index contributed by atoms with van der Waals surface area (Å²) >= 11 is 1.27. The minimum absolute atomic E-state index is 0.00362. The molecule has 2 aromatic carbocycles. The van der Waals surface area contributed by atoms with Gasteiger partial charge in [-0.3, -0.25) is 19.5 Å². The quantitative estimate of drug-likeness (QED) is 0.207. The molecule has 39 heavy (non-hydrogen) atoms. The zero-order chi connectivity index (χ0) is 27.8. The van der Waals surface area contributed by atoms with Gasteiger partial charge in [-0.05, 0) is 49.6 Å². The number of fused-ring (bicyclic) bond motifs is 1. The van der Waals surface area contributed by atoms with Crippen molar-refractivity contribution in [2.75, 3.05) is 7.11 Å². The molecule has 1 aliphatic heterocycles. The lowest BCUT2D eigenvalue weighted by atomic mass is 9.95. The molecule has 198 valence electrons. The molecule has 9 nitrogen and oxygen atoms in total. The van der Waals surface area contributed by atoms with E-state index in [1.165, 1.54) is 30.6 Å². The van der Waals surface area contributed by atoms with Crippen molar-refractivity contribution in [3.63, 3.8) is 0 Å². The highest BCUT2D eigenvalue weighted by Gasteiger charge is 2.33. The number of rotatable bonds is 6. The van der Waals surface area contributed by atoms with Crippen LogP contribution in [0.15, 0.2) is 81.7 Å². The molecule has 3 heterocycles. The maximum atomic E-state index is 13.9. The fourth-order valence-electron chi connectivity index (χ4n) is 5.03. The molecule has 2 aromatic heterocycles. The lowest BCUT2D eigenvalue weighted by molar-refractivity contribution is -0.384. The largest absolute Gasteiger partial charge is 0.466 e. The van der Waals surface area contributed by atoms with E-state index in [1.54, 1.807) is 10.6 Å². The first-order valence-electron chi connectivity index (χ1n) is 12.4. The molecule has 0 unspecified atom stereocenters. The summed E-state index contributed by atoms with van der Waals surface area (Å²) in [4.78, 5) is 42.9. The van der Waals surface area contributed by atoms with Crippen LogP contribution in [0.3, 0.4) is 0 Å². The Hall–Kier alpha value is -4.57. The van der Waals surface area contributed by atoms with Gasteiger partial charge < -0.3 is 9.30 Å². The Morgan fingerprint density at radius 2 is 1.90 bits per heavy atom. The summed E-state index contributed by atoms with van der Waals surface area (Å²) in [6.07, 6.45) is 2.32. The molecule has 0 saturated heterocycles. The van der Waals surface area contributed by atoms with Crippen LogP contribution >= 0.6 is 11.3 Å². The Morgan fingerprint density at radius 1 is 1.15 bits per heavy atom. The van der Waals surface area contributed by atoms with Crippen molar-refractivity contribution in [1.82, 2.24) is 9.13 Å². The molecule has 1 atom stereocenters. The third-order valence-electron chi connectivity index (χ3n) is 6.82. The Balaban J connectivity index is 1.70. The number of ether oxygens (including phenoxy) is 1. The zero-order valence-corrected chi connectivity index (χ0v) is 22.7. The van der Waals surface area contributed by atoms with Crippen LogP contribution < -0.4 is 14.9 Å². The summed E-state index contributed by atoms with van der Waals surface area (Å²) in [5.74, 6) is -0.515. The second kappa shape index (κ2) is 10.3. The topological polar surface area (TPSA) is 109 Å². The number of esters is 1. The van der Waals surface area contributed by atoms with Gasteiger partial charge in [0, 0.05) is 23.5 Å². The number of non-ortho nitro benzene ring substituents is 1. The van der Waals surface area contributed by atoms with Crippen molar-refractivity contribution in [2.45, 2.75) is 33.2 Å². The van der Waals surface area contributed by atoms with Crippen LogP contribution in [-0.2, 0) is 9.53 Å². The van der Waals surface area contributed by atoms with E-state index in [0.29, 0.717) is 32.7 Å². The summed E-state index contributed by atoms with van der Waals surface area (Å²) in [6, 6.07) is 17.1. The highest BCUT2D eigenvalue weighted by molar-refractivity contribution is 7.07. The fourth-order valence-corrected chi connectivity index (χ4v) is 6.04. The number of benzene rings is 2. The lowest BCUT2D eigenvalue weighted by Crippen LogP contribution is -2.40. The number of allylic oxidation sites excluding steroid dienone is 1. The van der Waals surface area contributed by atoms with Crippen LogP contribution in [0.4, 0.5) is 5.69 Å². The van der Waals surface area contributed by atoms with Gasteiger partial charge in [-0.25, -0.2) is 9.79 Å². The lowest BCUT2D eigenvalue weighted by Gasteiger charge is -2.25. The number of hydrogen-bond acceptors (Lipinski definition) is 7. The SMILES string of the molecule is CCC1=C(C(=O)OC)[C@@H](c2ccccc2)n2c(s/c(=C\c3cc(C)n(-c4cccc([N+](=O)[O-])c4)c3C)c2=O)=N1. The second-order valence-electron chi connectivity index (χ2n) is 9.14. The van der Waals surface area contributed by atoms with Crippen LogP contribution in [0, 0.1) is 24.0 Å². The van der Waals surface area contributed by atoms with Gasteiger partial charge in [0.05, 0.1) is 39.6 Å². The predicted octanol–water partition coefficient (Wildman–Crippen LogP) is 4.11. The molecular formula is C29H26N4O5S. The van der Waals surface area contributed by atoms with E-state index in [2.05, 4.69) is 0 Å². The number of carbonyl (C=O) groups excluding carboxylic acids is 1. The molecule has 10 heteroatoms. The standard InChI is InChI=1S/C29H26N4O5S/c1-5-23-25(28(35)38-4)26(19-10-7-6-8-11-19)32-27(34)24(39-29(32)30-23)15-20-14-17(2)31(18(20)3)21-12-9-13-22(16-21)33(36)37/h6-16,26H,5H2,1-4H3/b24-15-/t26-/m1/s1. The van der Waals surface area contributed by atoms with E-state index in [0.717, 1.165) is 22.5 Å². The van der Waals surface area contributed by atoms with Gasteiger partial charge in [-0.15, -0.1) is 0 Å². The Bertz CT molecular complexity index is 1830. The van der Waals surface area contributed by atoms with Crippen LogP contribution in [-0.4, -0.2) is 27.1 Å². The van der Waals surface area contributed by atoms with E-state index in [-0.39, 0.29) is 11.2 Å². The van der Waals surface area contributed by atoms with E-state index >= 15 is 0 Å². The van der Waals surface area contributed by atoms with Crippen LogP contribution in [0.5, 0.6) is 0 Å². The number of aryl methyl sites for hydroxylation is 1. The summed E-state index contributed by atoms with van der Waals surface area (Å²) < 4.78 is 9.06. The summed E-state index contributed by atoms with van der Waals surface area (Å²) in [5, 5.41) is 11.3. The van der Waals surface area contributed by atoms with Crippen LogP contribution in [0.1, 0.15) is 41.9 Å². The first-order chi connectivity index (χ1) is 18.7. The summed E-state index contributed by atoms with van der Waals surface area (Å²) in [5.41, 5.74) is 4.66. The Kier molecular flexibility index (Phi) is 6.88. The van der Waals surface area contributed by atoms with Gasteiger partial charge in [-0.1, -0.05) is 54.7 Å². The molecule has 0 spiro atoms. The normalized spacial score (nSPS) is 15.2. The summed E-state index contributed by atoms with van der Waals surface area (Å²) in [7, 11) is 1.33. The molecule has 0 saturated carbocycles. The molecule has 0 N–H and O–H groups in total. The Labute approximate surface area is 227 Å². The number of carbonyl (C=O) groups is 1. The number of nitrogens with zero attached hydrogens (tertiary/aromatic N) is 4. The van der Waals surface area contributed by atoms with Crippen LogP contribution in [0.2, 0.25) is 0 Å². The van der Waals surface area contributed by atoms with E-state index in [1.807, 2.05) is 73.9 Å². The minimum Gasteiger partial charge on any atom is -0.466 e. The number of nitro benzene ring substituents is 1. The van der Waals surface area contributed by atoms with Crippen molar-refractivity contribution in [3.05, 3.63) is 124 Å². The first kappa shape index (κ1) is 26.1. The van der Waals surface area contributed by atoms with Gasteiger partial charge in [0.25, 0.3) is 11.2 Å². The summed E-state index contributed by atoms with van der Waals surface area (Å²) in [6.45, 7) is 5.74. The molecule has 0 aliphatic carbocycles. The average molecular weight is 543 g/mol. The molecule has 0 radical (unpaired) electrons. The van der Waals surface area contributed by atoms with E-state index in [9.17, 15) is 19.7 Å². The van der Waals surface area contributed by atoms with Crippen LogP contribution in [0.25, 0.3) is 11.8 Å². The second-order valence-corrected chi connectivity index (χ2v) is 10.1. The number of nitro groups is 1. The van der Waals surface area contributed by atoms with Gasteiger partial charge in [0.1, 0.15) is 0 Å². The van der Waals surface area contributed by atoms with Crippen molar-refractivity contribution in [2.24, 2.45) is 4.99 Å². The highest BCUT2D eigenvalue weighted by atomic mass is 32.1. The monoisotopic (exact) mass is 542 g/mol. The maximum absolute atomic E-state index is 13.9. The smallest absolute Gasteiger partial charge is 0.338 e. The van der Waals surface area contributed by atoms with E-state index in [4.69, 9.17) is 9.73 Å². The zero-order valence-electron chi connectivity index (χ0n) is 21.9. The molecular weight excluding hydrogens is 516 g/mol. The first-order valence-corrected chi connectivity index (χ1v) is 13.2. The number of thiazole rings is 1. The minimum atomic E-state index is -0.663. The number of hydrogen-bond donors (Lipinski definition) is 0. The fraction of sp³-hybridized carbons (Fsp3) is 0.207. The van der Waals surface area contributed by atoms with Crippen molar-refractivity contribution in [1.29, 1.82) is 0 Å². The Morgan fingerprint density at radius 3 is 2.56 bits per heavy atom. The number of methoxy groups -OCH3 is 1. The predicted molar refractivity (Wildman–Crippen MR) is 149 cm³/mol. The van der Waals surface area contributed by atoms with E-state index < -0.39 is 16.9 Å². The van der Waals surface area contributed by atoms with Gasteiger partial charge in [-0.2, -0.15) is 0 Å². The molecule has 0 fully saturated rings. The van der Waals surface area contributed by atoms with Crippen molar-refractivity contribution < 1.29 is 14.5 Å². The molecule has 5 rings (SSSR count). The number of aromatic nitrogens is 2. The maximum Gasteiger partial charge on any atom is 0.338 e. The molecule has 4 aromatic rings. The third kappa shape index (κ3) is 4.52. The van der Waals surface area contributed by atoms with Gasteiger partial charge >= 0.3 is 5.97 Å². The van der Waals surface area contributed by atoms with Crippen molar-refractivity contribution >= 4 is 29.1 Å². The molecule has 1 aliphatic rings. The average Bonchev–Trinajstić information content (AvgIpc) is 3.41.